The van der Waals surface area contributed by atoms with E-state index in [-0.39, 0.29) is 18.9 Å². The number of carbonyl (C=O) groups is 3. The lowest BCUT2D eigenvalue weighted by atomic mass is 10.2. The maximum atomic E-state index is 11.6. The van der Waals surface area contributed by atoms with Crippen molar-refractivity contribution in [3.05, 3.63) is 29.8 Å². The Morgan fingerprint density at radius 3 is 2.64 bits per heavy atom. The van der Waals surface area contributed by atoms with Crippen LogP contribution in [0, 0.1) is 0 Å². The molecule has 7 heteroatoms. The van der Waals surface area contributed by atoms with Gasteiger partial charge < -0.3 is 19.5 Å². The number of hydrogen-bond acceptors (Lipinski definition) is 6. The van der Waals surface area contributed by atoms with Crippen LogP contribution in [0.15, 0.2) is 24.3 Å². The van der Waals surface area contributed by atoms with Gasteiger partial charge in [-0.2, -0.15) is 0 Å². The van der Waals surface area contributed by atoms with E-state index in [0.717, 1.165) is 12.8 Å². The van der Waals surface area contributed by atoms with Gasteiger partial charge in [0.15, 0.2) is 0 Å². The van der Waals surface area contributed by atoms with E-state index in [2.05, 4.69) is 10.1 Å². The van der Waals surface area contributed by atoms with Crippen molar-refractivity contribution in [2.24, 2.45) is 0 Å². The van der Waals surface area contributed by atoms with Crippen LogP contribution in [0.2, 0.25) is 0 Å². The lowest BCUT2D eigenvalue weighted by Crippen LogP contribution is -2.30. The van der Waals surface area contributed by atoms with Crippen molar-refractivity contribution in [2.75, 3.05) is 26.9 Å². The monoisotopic (exact) mass is 351 g/mol. The van der Waals surface area contributed by atoms with Gasteiger partial charge in [0, 0.05) is 6.42 Å². The zero-order valence-corrected chi connectivity index (χ0v) is 14.7. The fraction of sp³-hybridized carbons (Fsp3) is 0.500. The number of rotatable bonds is 11. The van der Waals surface area contributed by atoms with Crippen LogP contribution in [0.1, 0.15) is 43.0 Å². The number of nitrogens with one attached hydrogen (secondary N) is 1. The van der Waals surface area contributed by atoms with Crippen LogP contribution in [-0.4, -0.2) is 44.7 Å². The lowest BCUT2D eigenvalue weighted by molar-refractivity contribution is -0.144. The maximum absolute atomic E-state index is 11.6. The van der Waals surface area contributed by atoms with Gasteiger partial charge in [-0.15, -0.1) is 0 Å². The first-order valence-electron chi connectivity index (χ1n) is 8.30. The number of methoxy groups -OCH3 is 1. The predicted octanol–water partition coefficient (Wildman–Crippen LogP) is 2.09. The van der Waals surface area contributed by atoms with Crippen LogP contribution in [0.5, 0.6) is 5.75 Å². The SMILES string of the molecule is CCCCOC(=O)CNC(=O)CCCOc1cccc(C(=O)OC)c1. The average molecular weight is 351 g/mol. The van der Waals surface area contributed by atoms with Gasteiger partial charge >= 0.3 is 11.9 Å². The van der Waals surface area contributed by atoms with E-state index < -0.39 is 11.9 Å². The van der Waals surface area contributed by atoms with Gasteiger partial charge in [-0.1, -0.05) is 19.4 Å². The molecule has 1 amide bonds. The van der Waals surface area contributed by atoms with Crippen molar-refractivity contribution in [1.29, 1.82) is 0 Å². The highest BCUT2D eigenvalue weighted by atomic mass is 16.5. The summed E-state index contributed by atoms with van der Waals surface area (Å²) in [5, 5.41) is 2.51. The minimum atomic E-state index is -0.435. The lowest BCUT2D eigenvalue weighted by Gasteiger charge is -2.08. The number of unbranched alkanes of at least 4 members (excludes halogenated alkanes) is 1. The summed E-state index contributed by atoms with van der Waals surface area (Å²) in [6.45, 7) is 2.58. The van der Waals surface area contributed by atoms with Crippen molar-refractivity contribution in [1.82, 2.24) is 5.32 Å². The van der Waals surface area contributed by atoms with Gasteiger partial charge in [0.25, 0.3) is 0 Å². The second-order valence-corrected chi connectivity index (χ2v) is 5.32. The van der Waals surface area contributed by atoms with Crippen LogP contribution < -0.4 is 10.1 Å². The zero-order valence-electron chi connectivity index (χ0n) is 14.7. The molecule has 1 N–H and O–H groups in total. The quantitative estimate of drug-likeness (QED) is 0.485. The second kappa shape index (κ2) is 11.9. The molecule has 0 aromatic heterocycles. The topological polar surface area (TPSA) is 90.9 Å². The van der Waals surface area contributed by atoms with Crippen molar-refractivity contribution < 1.29 is 28.6 Å². The molecule has 0 bridgehead atoms. The van der Waals surface area contributed by atoms with Crippen molar-refractivity contribution >= 4 is 17.8 Å². The predicted molar refractivity (Wildman–Crippen MR) is 91.4 cm³/mol. The normalized spacial score (nSPS) is 10.0. The van der Waals surface area contributed by atoms with E-state index in [1.165, 1.54) is 7.11 Å². The number of esters is 2. The average Bonchev–Trinajstić information content (AvgIpc) is 2.63. The molecule has 7 nitrogen and oxygen atoms in total. The van der Waals surface area contributed by atoms with Crippen LogP contribution in [0.3, 0.4) is 0 Å². The molecule has 138 valence electrons. The Bertz CT molecular complexity index is 572. The van der Waals surface area contributed by atoms with E-state index in [0.29, 0.717) is 30.9 Å². The molecular formula is C18H25NO6. The van der Waals surface area contributed by atoms with Crippen molar-refractivity contribution in [2.45, 2.75) is 32.6 Å². The molecule has 0 aliphatic heterocycles. The van der Waals surface area contributed by atoms with Crippen LogP contribution in [-0.2, 0) is 19.1 Å². The summed E-state index contributed by atoms with van der Waals surface area (Å²) in [7, 11) is 1.31. The molecule has 0 atom stereocenters. The fourth-order valence-electron chi connectivity index (χ4n) is 1.89. The van der Waals surface area contributed by atoms with Gasteiger partial charge in [0.1, 0.15) is 12.3 Å². The number of amides is 1. The minimum absolute atomic E-state index is 0.120. The Balaban J connectivity index is 2.19. The third kappa shape index (κ3) is 8.74. The summed E-state index contributed by atoms with van der Waals surface area (Å²) in [6.07, 6.45) is 2.48. The summed E-state index contributed by atoms with van der Waals surface area (Å²) in [5.74, 6) is -0.574. The van der Waals surface area contributed by atoms with Gasteiger partial charge in [0.05, 0.1) is 25.9 Å². The first-order chi connectivity index (χ1) is 12.1. The minimum Gasteiger partial charge on any atom is -0.494 e. The van der Waals surface area contributed by atoms with Crippen LogP contribution >= 0.6 is 0 Å². The Morgan fingerprint density at radius 2 is 1.92 bits per heavy atom. The number of ether oxygens (including phenoxy) is 3. The maximum Gasteiger partial charge on any atom is 0.337 e. The van der Waals surface area contributed by atoms with E-state index >= 15 is 0 Å². The standard InChI is InChI=1S/C18H25NO6/c1-3-4-10-25-17(21)13-19-16(20)9-6-11-24-15-8-5-7-14(12-15)18(22)23-2/h5,7-8,12H,3-4,6,9-11,13H2,1-2H3,(H,19,20). The molecular weight excluding hydrogens is 326 g/mol. The number of benzene rings is 1. The number of hydrogen-bond donors (Lipinski definition) is 1. The molecule has 0 unspecified atom stereocenters. The summed E-state index contributed by atoms with van der Waals surface area (Å²) in [5.41, 5.74) is 0.402. The smallest absolute Gasteiger partial charge is 0.337 e. The fourth-order valence-corrected chi connectivity index (χ4v) is 1.89. The Hall–Kier alpha value is -2.57. The molecule has 1 aromatic carbocycles. The zero-order chi connectivity index (χ0) is 18.5. The van der Waals surface area contributed by atoms with Gasteiger partial charge in [-0.25, -0.2) is 4.79 Å². The Morgan fingerprint density at radius 1 is 1.12 bits per heavy atom. The molecule has 0 spiro atoms. The molecule has 0 aliphatic carbocycles. The highest BCUT2D eigenvalue weighted by Crippen LogP contribution is 2.14. The summed E-state index contributed by atoms with van der Waals surface area (Å²) < 4.78 is 15.1. The van der Waals surface area contributed by atoms with Crippen molar-refractivity contribution in [3.8, 4) is 5.75 Å². The first-order valence-corrected chi connectivity index (χ1v) is 8.30. The highest BCUT2D eigenvalue weighted by Gasteiger charge is 2.08. The molecule has 1 rings (SSSR count). The summed E-state index contributed by atoms with van der Waals surface area (Å²) >= 11 is 0. The third-order valence-corrected chi connectivity index (χ3v) is 3.26. The molecule has 0 radical (unpaired) electrons. The molecule has 0 fully saturated rings. The highest BCUT2D eigenvalue weighted by molar-refractivity contribution is 5.89. The van der Waals surface area contributed by atoms with Gasteiger partial charge in [0.2, 0.25) is 5.91 Å². The summed E-state index contributed by atoms with van der Waals surface area (Å²) in [6, 6.07) is 6.63. The molecule has 0 saturated heterocycles. The molecule has 0 saturated carbocycles. The first kappa shape index (κ1) is 20.5. The third-order valence-electron chi connectivity index (χ3n) is 3.26. The molecule has 0 aliphatic rings. The van der Waals surface area contributed by atoms with Gasteiger partial charge in [-0.3, -0.25) is 9.59 Å². The summed E-state index contributed by atoms with van der Waals surface area (Å²) in [4.78, 5) is 34.4. The Labute approximate surface area is 147 Å². The van der Waals surface area contributed by atoms with Crippen LogP contribution in [0.25, 0.3) is 0 Å². The van der Waals surface area contributed by atoms with E-state index in [1.807, 2.05) is 6.92 Å². The van der Waals surface area contributed by atoms with E-state index in [4.69, 9.17) is 9.47 Å². The molecule has 25 heavy (non-hydrogen) atoms. The van der Waals surface area contributed by atoms with E-state index in [9.17, 15) is 14.4 Å². The Kier molecular flexibility index (Phi) is 9.74. The van der Waals surface area contributed by atoms with Crippen molar-refractivity contribution in [3.63, 3.8) is 0 Å². The molecule has 0 heterocycles. The largest absolute Gasteiger partial charge is 0.494 e. The van der Waals surface area contributed by atoms with Gasteiger partial charge in [-0.05, 0) is 31.0 Å². The van der Waals surface area contributed by atoms with Crippen LogP contribution in [0.4, 0.5) is 0 Å². The number of carbonyl (C=O) groups excluding carboxylic acids is 3. The van der Waals surface area contributed by atoms with E-state index in [1.54, 1.807) is 24.3 Å². The second-order valence-electron chi connectivity index (χ2n) is 5.32. The molecule has 1 aromatic rings.